The van der Waals surface area contributed by atoms with E-state index >= 15 is 0 Å². The molecule has 0 aliphatic rings. The van der Waals surface area contributed by atoms with E-state index in [2.05, 4.69) is 39.9 Å². The van der Waals surface area contributed by atoms with Crippen molar-refractivity contribution in [3.63, 3.8) is 0 Å². The van der Waals surface area contributed by atoms with Gasteiger partial charge in [0.25, 0.3) is 0 Å². The van der Waals surface area contributed by atoms with Gasteiger partial charge in [-0.2, -0.15) is 0 Å². The maximum atomic E-state index is 13.3. The number of benzene rings is 1. The smallest absolute Gasteiger partial charge is 0.123 e. The van der Waals surface area contributed by atoms with Crippen molar-refractivity contribution in [3.8, 4) is 0 Å². The van der Waals surface area contributed by atoms with Gasteiger partial charge in [0.05, 0.1) is 0 Å². The van der Waals surface area contributed by atoms with E-state index in [-0.39, 0.29) is 11.2 Å². The molecule has 0 saturated carbocycles. The van der Waals surface area contributed by atoms with Crippen molar-refractivity contribution >= 4 is 0 Å². The highest BCUT2D eigenvalue weighted by Crippen LogP contribution is 2.29. The van der Waals surface area contributed by atoms with Gasteiger partial charge in [0, 0.05) is 6.04 Å². The summed E-state index contributed by atoms with van der Waals surface area (Å²) in [4.78, 5) is 0. The lowest BCUT2D eigenvalue weighted by Crippen LogP contribution is -2.32. The van der Waals surface area contributed by atoms with Gasteiger partial charge < -0.3 is 5.32 Å². The molecule has 1 nitrogen and oxygen atoms in total. The molecule has 1 atom stereocenters. The first-order chi connectivity index (χ1) is 8.34. The molecule has 0 heterocycles. The minimum atomic E-state index is -0.133. The Kier molecular flexibility index (Phi) is 5.33. The lowest BCUT2D eigenvalue weighted by Gasteiger charge is -2.29. The third kappa shape index (κ3) is 4.77. The Labute approximate surface area is 111 Å². The highest BCUT2D eigenvalue weighted by molar-refractivity contribution is 5.27. The van der Waals surface area contributed by atoms with Crippen LogP contribution in [0.25, 0.3) is 0 Å². The van der Waals surface area contributed by atoms with Gasteiger partial charge in [0.1, 0.15) is 5.82 Å². The van der Waals surface area contributed by atoms with Gasteiger partial charge in [0.2, 0.25) is 0 Å². The standard InChI is InChI=1S/C16H26FN/c1-6-18-13(3)10-16(4,5)11-14-9-15(17)8-7-12(14)2/h7-9,13,18H,6,10-11H2,1-5H3. The Morgan fingerprint density at radius 3 is 2.61 bits per heavy atom. The predicted molar refractivity (Wildman–Crippen MR) is 76.4 cm³/mol. The summed E-state index contributed by atoms with van der Waals surface area (Å²) in [6, 6.07) is 5.58. The second-order valence-electron chi connectivity index (χ2n) is 6.07. The van der Waals surface area contributed by atoms with Crippen LogP contribution in [0.4, 0.5) is 4.39 Å². The number of halogens is 1. The monoisotopic (exact) mass is 251 g/mol. The lowest BCUT2D eigenvalue weighted by atomic mass is 9.79. The van der Waals surface area contributed by atoms with E-state index in [9.17, 15) is 4.39 Å². The third-order valence-electron chi connectivity index (χ3n) is 3.39. The van der Waals surface area contributed by atoms with Gasteiger partial charge in [-0.15, -0.1) is 0 Å². The molecule has 0 radical (unpaired) electrons. The van der Waals surface area contributed by atoms with Crippen LogP contribution in [-0.4, -0.2) is 12.6 Å². The molecule has 0 spiro atoms. The van der Waals surface area contributed by atoms with Crippen LogP contribution < -0.4 is 5.32 Å². The second-order valence-corrected chi connectivity index (χ2v) is 6.07. The van der Waals surface area contributed by atoms with E-state index in [1.807, 2.05) is 6.07 Å². The van der Waals surface area contributed by atoms with Crippen LogP contribution in [-0.2, 0) is 6.42 Å². The highest BCUT2D eigenvalue weighted by Gasteiger charge is 2.22. The minimum absolute atomic E-state index is 0.133. The van der Waals surface area contributed by atoms with Crippen LogP contribution in [0.1, 0.15) is 45.2 Å². The fraction of sp³-hybridized carbons (Fsp3) is 0.625. The van der Waals surface area contributed by atoms with Crippen LogP contribution in [0.15, 0.2) is 18.2 Å². The highest BCUT2D eigenvalue weighted by atomic mass is 19.1. The molecule has 102 valence electrons. The van der Waals surface area contributed by atoms with Crippen LogP contribution in [0.5, 0.6) is 0 Å². The van der Waals surface area contributed by atoms with E-state index in [1.165, 1.54) is 11.6 Å². The molecular formula is C16H26FN. The number of hydrogen-bond acceptors (Lipinski definition) is 1. The average Bonchev–Trinajstić information content (AvgIpc) is 2.22. The minimum Gasteiger partial charge on any atom is -0.315 e. The van der Waals surface area contributed by atoms with Crippen molar-refractivity contribution in [2.24, 2.45) is 5.41 Å². The topological polar surface area (TPSA) is 12.0 Å². The lowest BCUT2D eigenvalue weighted by molar-refractivity contribution is 0.288. The fourth-order valence-electron chi connectivity index (χ4n) is 2.67. The van der Waals surface area contributed by atoms with Crippen LogP contribution in [0.2, 0.25) is 0 Å². The van der Waals surface area contributed by atoms with Gasteiger partial charge in [-0.1, -0.05) is 26.8 Å². The number of hydrogen-bond donors (Lipinski definition) is 1. The molecule has 0 bridgehead atoms. The second kappa shape index (κ2) is 6.33. The van der Waals surface area contributed by atoms with Gasteiger partial charge in [-0.25, -0.2) is 4.39 Å². The molecule has 1 N–H and O–H groups in total. The van der Waals surface area contributed by atoms with Crippen molar-refractivity contribution in [1.29, 1.82) is 0 Å². The normalized spacial score (nSPS) is 13.7. The fourth-order valence-corrected chi connectivity index (χ4v) is 2.67. The molecule has 0 saturated heterocycles. The predicted octanol–water partition coefficient (Wildman–Crippen LogP) is 4.09. The zero-order valence-corrected chi connectivity index (χ0v) is 12.3. The Morgan fingerprint density at radius 1 is 1.33 bits per heavy atom. The van der Waals surface area contributed by atoms with Crippen molar-refractivity contribution in [2.75, 3.05) is 6.54 Å². The van der Waals surface area contributed by atoms with Gasteiger partial charge in [0.15, 0.2) is 0 Å². The molecule has 0 aromatic heterocycles. The van der Waals surface area contributed by atoms with E-state index in [0.29, 0.717) is 6.04 Å². The third-order valence-corrected chi connectivity index (χ3v) is 3.39. The quantitative estimate of drug-likeness (QED) is 0.803. The molecule has 2 heteroatoms. The summed E-state index contributed by atoms with van der Waals surface area (Å²) in [7, 11) is 0. The Bertz CT molecular complexity index is 385. The van der Waals surface area contributed by atoms with Crippen molar-refractivity contribution in [3.05, 3.63) is 35.1 Å². The zero-order valence-electron chi connectivity index (χ0n) is 12.3. The molecular weight excluding hydrogens is 225 g/mol. The molecule has 1 aromatic rings. The first-order valence-electron chi connectivity index (χ1n) is 6.82. The molecule has 0 amide bonds. The van der Waals surface area contributed by atoms with Crippen LogP contribution in [0.3, 0.4) is 0 Å². The Balaban J connectivity index is 2.72. The summed E-state index contributed by atoms with van der Waals surface area (Å²) in [6.45, 7) is 11.9. The summed E-state index contributed by atoms with van der Waals surface area (Å²) in [5, 5.41) is 3.44. The van der Waals surface area contributed by atoms with Crippen LogP contribution in [0, 0.1) is 18.2 Å². The summed E-state index contributed by atoms with van der Waals surface area (Å²) in [6.07, 6.45) is 2.02. The Hall–Kier alpha value is -0.890. The zero-order chi connectivity index (χ0) is 13.8. The maximum absolute atomic E-state index is 13.3. The van der Waals surface area contributed by atoms with E-state index in [0.717, 1.165) is 24.9 Å². The maximum Gasteiger partial charge on any atom is 0.123 e. The SMILES string of the molecule is CCNC(C)CC(C)(C)Cc1cc(F)ccc1C. The van der Waals surface area contributed by atoms with E-state index in [1.54, 1.807) is 6.07 Å². The van der Waals surface area contributed by atoms with Crippen molar-refractivity contribution in [2.45, 2.75) is 53.5 Å². The first-order valence-corrected chi connectivity index (χ1v) is 6.82. The molecule has 0 aliphatic carbocycles. The summed E-state index contributed by atoms with van der Waals surface area (Å²) in [5.74, 6) is -0.133. The summed E-state index contributed by atoms with van der Waals surface area (Å²) < 4.78 is 13.3. The summed E-state index contributed by atoms with van der Waals surface area (Å²) >= 11 is 0. The average molecular weight is 251 g/mol. The summed E-state index contributed by atoms with van der Waals surface area (Å²) in [5.41, 5.74) is 2.49. The molecule has 1 rings (SSSR count). The van der Waals surface area contributed by atoms with Crippen molar-refractivity contribution in [1.82, 2.24) is 5.32 Å². The number of rotatable bonds is 6. The van der Waals surface area contributed by atoms with E-state index < -0.39 is 0 Å². The van der Waals surface area contributed by atoms with Crippen LogP contribution >= 0.6 is 0 Å². The molecule has 0 aliphatic heterocycles. The van der Waals surface area contributed by atoms with Gasteiger partial charge >= 0.3 is 0 Å². The number of aryl methyl sites for hydroxylation is 1. The molecule has 18 heavy (non-hydrogen) atoms. The Morgan fingerprint density at radius 2 is 2.00 bits per heavy atom. The number of nitrogens with one attached hydrogen (secondary N) is 1. The van der Waals surface area contributed by atoms with Gasteiger partial charge in [-0.05, 0) is 61.9 Å². The van der Waals surface area contributed by atoms with E-state index in [4.69, 9.17) is 0 Å². The molecule has 1 unspecified atom stereocenters. The van der Waals surface area contributed by atoms with Gasteiger partial charge in [-0.3, -0.25) is 0 Å². The first kappa shape index (κ1) is 15.2. The molecule has 1 aromatic carbocycles. The largest absolute Gasteiger partial charge is 0.315 e. The van der Waals surface area contributed by atoms with Crippen molar-refractivity contribution < 1.29 is 4.39 Å². The molecule has 0 fully saturated rings.